The van der Waals surface area contributed by atoms with Gasteiger partial charge in [0.1, 0.15) is 11.9 Å². The van der Waals surface area contributed by atoms with Crippen LogP contribution in [0.4, 0.5) is 0 Å². The molecule has 0 aromatic heterocycles. The molecule has 0 bridgehead atoms. The third kappa shape index (κ3) is 7.89. The maximum Gasteiger partial charge on any atom is 0.136 e. The topological polar surface area (TPSA) is 56.2 Å². The molecule has 0 saturated carbocycles. The molecule has 2 N–H and O–H groups in total. The summed E-state index contributed by atoms with van der Waals surface area (Å²) in [6.07, 6.45) is 12.4. The lowest BCUT2D eigenvalue weighted by molar-refractivity contribution is -0.223. The summed E-state index contributed by atoms with van der Waals surface area (Å²) in [7, 11) is 0. The van der Waals surface area contributed by atoms with Crippen LogP contribution in [0.2, 0.25) is 0 Å². The highest BCUT2D eigenvalue weighted by molar-refractivity contribution is 9.10. The molecule has 5 nitrogen and oxygen atoms in total. The standard InChI is InChI=1S/C34H49BrN2O3/c1-7-8-9-10-11-12-13-14-15-16-23-40-30-24-29(26(2)31(35)25-30)22-19-27-17-20-28(21-18-27)32-36(38)33(3,4)34(5,6)37(32)39/h17-18,20-21,24-25,32,38-39H,7-16,23H2,1-6H3. The van der Waals surface area contributed by atoms with Crippen molar-refractivity contribution in [1.82, 2.24) is 10.1 Å². The molecule has 2 aromatic rings. The van der Waals surface area contributed by atoms with Crippen LogP contribution in [0.1, 0.15) is 127 Å². The molecular weight excluding hydrogens is 564 g/mol. The quantitative estimate of drug-likeness (QED) is 0.174. The van der Waals surface area contributed by atoms with Crippen LogP contribution in [-0.2, 0) is 0 Å². The van der Waals surface area contributed by atoms with Gasteiger partial charge in [0.15, 0.2) is 0 Å². The fourth-order valence-electron chi connectivity index (χ4n) is 5.08. The average Bonchev–Trinajstić information content (AvgIpc) is 3.04. The number of hydroxylamine groups is 4. The Morgan fingerprint density at radius 3 is 1.88 bits per heavy atom. The molecule has 0 atom stereocenters. The number of halogens is 1. The van der Waals surface area contributed by atoms with Crippen LogP contribution in [0.5, 0.6) is 5.75 Å². The largest absolute Gasteiger partial charge is 0.494 e. The highest BCUT2D eigenvalue weighted by Gasteiger charge is 2.58. The summed E-state index contributed by atoms with van der Waals surface area (Å²) >= 11 is 3.67. The Bertz CT molecular complexity index is 1130. The molecule has 1 heterocycles. The fraction of sp³-hybridized carbons (Fsp3) is 0.588. The molecular formula is C34H49BrN2O3. The van der Waals surface area contributed by atoms with E-state index >= 15 is 0 Å². The number of benzene rings is 2. The molecule has 40 heavy (non-hydrogen) atoms. The molecule has 220 valence electrons. The van der Waals surface area contributed by atoms with Crippen LogP contribution in [0.3, 0.4) is 0 Å². The summed E-state index contributed by atoms with van der Waals surface area (Å²) in [5, 5.41) is 24.1. The Labute approximate surface area is 251 Å². The van der Waals surface area contributed by atoms with Crippen molar-refractivity contribution < 1.29 is 15.2 Å². The van der Waals surface area contributed by atoms with Gasteiger partial charge in [-0.25, -0.2) is 0 Å². The van der Waals surface area contributed by atoms with Crippen molar-refractivity contribution in [3.8, 4) is 17.6 Å². The maximum atomic E-state index is 10.8. The molecule has 1 aliphatic heterocycles. The third-order valence-electron chi connectivity index (χ3n) is 8.74. The first-order chi connectivity index (χ1) is 19.0. The first-order valence-electron chi connectivity index (χ1n) is 15.0. The lowest BCUT2D eigenvalue weighted by Crippen LogP contribution is -2.52. The number of hydrogen-bond acceptors (Lipinski definition) is 5. The van der Waals surface area contributed by atoms with Gasteiger partial charge in [0.2, 0.25) is 0 Å². The van der Waals surface area contributed by atoms with Crippen LogP contribution in [-0.4, -0.2) is 38.2 Å². The lowest BCUT2D eigenvalue weighted by Gasteiger charge is -2.37. The van der Waals surface area contributed by atoms with Crippen LogP contribution in [0.15, 0.2) is 40.9 Å². The zero-order valence-electron chi connectivity index (χ0n) is 25.4. The predicted molar refractivity (Wildman–Crippen MR) is 167 cm³/mol. The highest BCUT2D eigenvalue weighted by Crippen LogP contribution is 2.47. The van der Waals surface area contributed by atoms with Crippen molar-refractivity contribution in [1.29, 1.82) is 0 Å². The molecule has 0 unspecified atom stereocenters. The van der Waals surface area contributed by atoms with Gasteiger partial charge in [-0.1, -0.05) is 105 Å². The summed E-state index contributed by atoms with van der Waals surface area (Å²) in [6.45, 7) is 12.7. The number of nitrogens with zero attached hydrogens (tertiary/aromatic N) is 2. The van der Waals surface area contributed by atoms with E-state index in [9.17, 15) is 10.4 Å². The smallest absolute Gasteiger partial charge is 0.136 e. The highest BCUT2D eigenvalue weighted by atomic mass is 79.9. The normalized spacial score (nSPS) is 17.1. The van der Waals surface area contributed by atoms with E-state index in [2.05, 4.69) is 41.6 Å². The van der Waals surface area contributed by atoms with Crippen LogP contribution in [0, 0.1) is 18.8 Å². The van der Waals surface area contributed by atoms with Gasteiger partial charge >= 0.3 is 0 Å². The Hall–Kier alpha value is -1.88. The Balaban J connectivity index is 1.54. The van der Waals surface area contributed by atoms with E-state index in [-0.39, 0.29) is 0 Å². The Morgan fingerprint density at radius 1 is 0.800 bits per heavy atom. The van der Waals surface area contributed by atoms with Crippen molar-refractivity contribution in [2.45, 2.75) is 123 Å². The van der Waals surface area contributed by atoms with E-state index in [1.165, 1.54) is 67.9 Å². The number of ether oxygens (including phenoxy) is 1. The van der Waals surface area contributed by atoms with Crippen molar-refractivity contribution >= 4 is 15.9 Å². The van der Waals surface area contributed by atoms with Gasteiger partial charge in [0, 0.05) is 15.6 Å². The first-order valence-corrected chi connectivity index (χ1v) is 15.8. The molecule has 1 fully saturated rings. The van der Waals surface area contributed by atoms with E-state index in [0.717, 1.165) is 45.5 Å². The van der Waals surface area contributed by atoms with Gasteiger partial charge in [-0.05, 0) is 76.4 Å². The molecule has 6 heteroatoms. The zero-order valence-corrected chi connectivity index (χ0v) is 27.0. The number of hydrogen-bond donors (Lipinski definition) is 2. The van der Waals surface area contributed by atoms with Crippen LogP contribution in [0.25, 0.3) is 0 Å². The third-order valence-corrected chi connectivity index (χ3v) is 9.56. The molecule has 1 aliphatic rings. The van der Waals surface area contributed by atoms with Gasteiger partial charge < -0.3 is 15.2 Å². The second-order valence-electron chi connectivity index (χ2n) is 12.2. The van der Waals surface area contributed by atoms with Crippen LogP contribution < -0.4 is 4.74 Å². The van der Waals surface area contributed by atoms with E-state index in [4.69, 9.17) is 4.74 Å². The molecule has 1 saturated heterocycles. The van der Waals surface area contributed by atoms with E-state index in [1.807, 2.05) is 64.1 Å². The predicted octanol–water partition coefficient (Wildman–Crippen LogP) is 9.41. The van der Waals surface area contributed by atoms with Crippen molar-refractivity contribution in [3.63, 3.8) is 0 Å². The fourth-order valence-corrected chi connectivity index (χ4v) is 5.52. The van der Waals surface area contributed by atoms with Crippen molar-refractivity contribution in [2.75, 3.05) is 6.61 Å². The monoisotopic (exact) mass is 612 g/mol. The molecule has 0 amide bonds. The van der Waals surface area contributed by atoms with E-state index < -0.39 is 17.2 Å². The second-order valence-corrected chi connectivity index (χ2v) is 13.0. The molecule has 0 aliphatic carbocycles. The Kier molecular flexibility index (Phi) is 12.1. The lowest BCUT2D eigenvalue weighted by atomic mass is 9.84. The summed E-state index contributed by atoms with van der Waals surface area (Å²) in [6, 6.07) is 11.7. The van der Waals surface area contributed by atoms with E-state index in [1.54, 1.807) is 0 Å². The van der Waals surface area contributed by atoms with E-state index in [0.29, 0.717) is 0 Å². The van der Waals surface area contributed by atoms with Gasteiger partial charge in [0.05, 0.1) is 17.7 Å². The average molecular weight is 614 g/mol. The SMILES string of the molecule is CCCCCCCCCCCCOc1cc(Br)c(C)c(C#Cc2ccc(C3N(O)C(C)(C)C(C)(C)N3O)cc2)c1. The Morgan fingerprint density at radius 2 is 1.32 bits per heavy atom. The van der Waals surface area contributed by atoms with Crippen molar-refractivity contribution in [2.24, 2.45) is 0 Å². The maximum absolute atomic E-state index is 10.8. The minimum atomic E-state index is -0.644. The summed E-state index contributed by atoms with van der Waals surface area (Å²) in [5.41, 5.74) is 2.42. The summed E-state index contributed by atoms with van der Waals surface area (Å²) < 4.78 is 7.07. The molecule has 3 rings (SSSR count). The molecule has 0 radical (unpaired) electrons. The summed E-state index contributed by atoms with van der Waals surface area (Å²) in [5.74, 6) is 7.41. The number of rotatable bonds is 13. The number of unbranched alkanes of at least 4 members (excludes halogenated alkanes) is 9. The molecule has 2 aromatic carbocycles. The zero-order chi connectivity index (χ0) is 29.3. The minimum absolute atomic E-state index is 0.629. The second kappa shape index (κ2) is 14.8. The summed E-state index contributed by atoms with van der Waals surface area (Å²) in [4.78, 5) is 0. The van der Waals surface area contributed by atoms with Gasteiger partial charge in [-0.15, -0.1) is 0 Å². The van der Waals surface area contributed by atoms with Crippen LogP contribution >= 0.6 is 15.9 Å². The molecule has 0 spiro atoms. The minimum Gasteiger partial charge on any atom is -0.494 e. The first kappa shape index (κ1) is 32.6. The van der Waals surface area contributed by atoms with Crippen molar-refractivity contribution in [3.05, 3.63) is 63.1 Å². The van der Waals surface area contributed by atoms with Gasteiger partial charge in [-0.3, -0.25) is 0 Å². The van der Waals surface area contributed by atoms with Gasteiger partial charge in [-0.2, -0.15) is 10.1 Å². The van der Waals surface area contributed by atoms with Gasteiger partial charge in [0.25, 0.3) is 0 Å².